The van der Waals surface area contributed by atoms with Crippen molar-refractivity contribution < 1.29 is 14.6 Å². The minimum atomic E-state index is -0.631. The van der Waals surface area contributed by atoms with Crippen LogP contribution in [0.3, 0.4) is 0 Å². The van der Waals surface area contributed by atoms with Gasteiger partial charge in [0.05, 0.1) is 12.7 Å². The van der Waals surface area contributed by atoms with Crippen LogP contribution in [0, 0.1) is 5.92 Å². The summed E-state index contributed by atoms with van der Waals surface area (Å²) in [5, 5.41) is 12.8. The Kier molecular flexibility index (Phi) is 11.8. The van der Waals surface area contributed by atoms with E-state index in [1.54, 1.807) is 6.08 Å². The topological polar surface area (TPSA) is 82.6 Å². The summed E-state index contributed by atoms with van der Waals surface area (Å²) in [6, 6.07) is 0. The number of thiocarbonyl (C=S) groups is 1. The Morgan fingerprint density at radius 3 is 2.71 bits per heavy atom. The second kappa shape index (κ2) is 12.6. The number of aliphatic hydroxyl groups is 1. The zero-order valence-corrected chi connectivity index (χ0v) is 13.7. The maximum atomic E-state index is 11.5. The van der Waals surface area contributed by atoms with Gasteiger partial charge in [0.25, 0.3) is 0 Å². The van der Waals surface area contributed by atoms with Crippen LogP contribution >= 0.6 is 12.2 Å². The number of rotatable bonds is 10. The number of hydrazine groups is 1. The molecule has 0 aromatic rings. The maximum absolute atomic E-state index is 11.5. The fraction of sp³-hybridized carbons (Fsp3) is 0.714. The lowest BCUT2D eigenvalue weighted by Crippen LogP contribution is -2.46. The van der Waals surface area contributed by atoms with E-state index < -0.39 is 6.10 Å². The van der Waals surface area contributed by atoms with Crippen molar-refractivity contribution in [1.82, 2.24) is 16.2 Å². The Balaban J connectivity index is 3.58. The first-order valence-corrected chi connectivity index (χ1v) is 7.56. The van der Waals surface area contributed by atoms with Gasteiger partial charge in [0.2, 0.25) is 5.91 Å². The molecule has 122 valence electrons. The quantitative estimate of drug-likeness (QED) is 0.207. The lowest BCUT2D eigenvalue weighted by Gasteiger charge is -2.13. The summed E-state index contributed by atoms with van der Waals surface area (Å²) in [7, 11) is 0. The first-order valence-electron chi connectivity index (χ1n) is 7.15. The second-order valence-corrected chi connectivity index (χ2v) is 5.53. The standard InChI is InChI=1S/C14H27N3O3S/c1-4-8-15-14(21)17-16-13(19)6-5-12(18)10-20-9-7-11(2)3/h4,11-12,18H,1,5-10H2,2-3H3,(H,16,19)(H2,15,17,21)/t12-/m1/s1. The average molecular weight is 317 g/mol. The fourth-order valence-corrected chi connectivity index (χ4v) is 1.45. The van der Waals surface area contributed by atoms with E-state index in [-0.39, 0.29) is 18.9 Å². The first kappa shape index (κ1) is 19.8. The van der Waals surface area contributed by atoms with Crippen molar-refractivity contribution in [3.63, 3.8) is 0 Å². The van der Waals surface area contributed by atoms with Crippen molar-refractivity contribution in [1.29, 1.82) is 0 Å². The Morgan fingerprint density at radius 2 is 2.10 bits per heavy atom. The monoisotopic (exact) mass is 317 g/mol. The van der Waals surface area contributed by atoms with E-state index in [9.17, 15) is 9.90 Å². The van der Waals surface area contributed by atoms with Crippen molar-refractivity contribution in [3.05, 3.63) is 12.7 Å². The second-order valence-electron chi connectivity index (χ2n) is 5.12. The van der Waals surface area contributed by atoms with E-state index in [0.29, 0.717) is 30.6 Å². The molecule has 4 N–H and O–H groups in total. The molecule has 0 heterocycles. The van der Waals surface area contributed by atoms with Crippen LogP contribution in [-0.2, 0) is 9.53 Å². The number of nitrogens with one attached hydrogen (secondary N) is 3. The zero-order valence-electron chi connectivity index (χ0n) is 12.9. The van der Waals surface area contributed by atoms with Crippen molar-refractivity contribution >= 4 is 23.2 Å². The van der Waals surface area contributed by atoms with E-state index in [2.05, 4.69) is 36.6 Å². The van der Waals surface area contributed by atoms with Crippen molar-refractivity contribution in [3.8, 4) is 0 Å². The third-order valence-electron chi connectivity index (χ3n) is 2.58. The highest BCUT2D eigenvalue weighted by molar-refractivity contribution is 7.80. The molecule has 21 heavy (non-hydrogen) atoms. The Bertz CT molecular complexity index is 325. The molecule has 0 aliphatic carbocycles. The summed E-state index contributed by atoms with van der Waals surface area (Å²) in [6.07, 6.45) is 2.54. The molecule has 0 saturated carbocycles. The number of aliphatic hydroxyl groups excluding tert-OH is 1. The Labute approximate surface area is 132 Å². The molecular weight excluding hydrogens is 290 g/mol. The molecule has 1 atom stereocenters. The maximum Gasteiger partial charge on any atom is 0.238 e. The van der Waals surface area contributed by atoms with Crippen LogP contribution < -0.4 is 16.2 Å². The number of hydrogen-bond acceptors (Lipinski definition) is 4. The minimum Gasteiger partial charge on any atom is -0.391 e. The van der Waals surface area contributed by atoms with Gasteiger partial charge in [0.1, 0.15) is 0 Å². The van der Waals surface area contributed by atoms with E-state index in [1.165, 1.54) is 0 Å². The Morgan fingerprint density at radius 1 is 1.38 bits per heavy atom. The van der Waals surface area contributed by atoms with Crippen molar-refractivity contribution in [2.45, 2.75) is 39.2 Å². The normalized spacial score (nSPS) is 11.8. The van der Waals surface area contributed by atoms with Gasteiger partial charge in [0, 0.05) is 19.6 Å². The minimum absolute atomic E-state index is 0.200. The number of hydrogen-bond donors (Lipinski definition) is 4. The van der Waals surface area contributed by atoms with Gasteiger partial charge in [-0.25, -0.2) is 0 Å². The molecule has 0 fully saturated rings. The highest BCUT2D eigenvalue weighted by Gasteiger charge is 2.09. The van der Waals surface area contributed by atoms with Crippen LogP contribution in [0.2, 0.25) is 0 Å². The van der Waals surface area contributed by atoms with Crippen LogP contribution in [0.15, 0.2) is 12.7 Å². The molecule has 0 spiro atoms. The molecule has 6 nitrogen and oxygen atoms in total. The lowest BCUT2D eigenvalue weighted by molar-refractivity contribution is -0.122. The number of carbonyl (C=O) groups excluding carboxylic acids is 1. The molecule has 7 heteroatoms. The van der Waals surface area contributed by atoms with Gasteiger partial charge >= 0.3 is 0 Å². The molecule has 0 saturated heterocycles. The van der Waals surface area contributed by atoms with Crippen LogP contribution in [-0.4, -0.2) is 42.0 Å². The highest BCUT2D eigenvalue weighted by Crippen LogP contribution is 2.01. The van der Waals surface area contributed by atoms with Gasteiger partial charge in [-0.3, -0.25) is 15.6 Å². The zero-order chi connectivity index (χ0) is 16.1. The van der Waals surface area contributed by atoms with Gasteiger partial charge in [-0.15, -0.1) is 6.58 Å². The largest absolute Gasteiger partial charge is 0.391 e. The highest BCUT2D eigenvalue weighted by atomic mass is 32.1. The van der Waals surface area contributed by atoms with Crippen LogP contribution in [0.5, 0.6) is 0 Å². The van der Waals surface area contributed by atoms with Gasteiger partial charge < -0.3 is 15.2 Å². The van der Waals surface area contributed by atoms with Crippen LogP contribution in [0.4, 0.5) is 0 Å². The summed E-state index contributed by atoms with van der Waals surface area (Å²) >= 11 is 4.91. The van der Waals surface area contributed by atoms with Gasteiger partial charge in [-0.05, 0) is 31.0 Å². The van der Waals surface area contributed by atoms with E-state index in [0.717, 1.165) is 6.42 Å². The molecule has 0 aliphatic rings. The Hall–Kier alpha value is -1.18. The molecule has 0 aliphatic heterocycles. The number of ether oxygens (including phenoxy) is 1. The third-order valence-corrected chi connectivity index (χ3v) is 2.82. The van der Waals surface area contributed by atoms with Gasteiger partial charge in [0.15, 0.2) is 5.11 Å². The first-order chi connectivity index (χ1) is 9.95. The predicted molar refractivity (Wildman–Crippen MR) is 87.6 cm³/mol. The summed E-state index contributed by atoms with van der Waals surface area (Å²) in [6.45, 7) is 9.18. The van der Waals surface area contributed by atoms with Crippen LogP contribution in [0.1, 0.15) is 33.1 Å². The van der Waals surface area contributed by atoms with Gasteiger partial charge in [-0.1, -0.05) is 19.9 Å². The van der Waals surface area contributed by atoms with Crippen LogP contribution in [0.25, 0.3) is 0 Å². The lowest BCUT2D eigenvalue weighted by atomic mass is 10.1. The number of carbonyl (C=O) groups is 1. The molecule has 0 bridgehead atoms. The molecule has 0 rings (SSSR count). The summed E-state index contributed by atoms with van der Waals surface area (Å²) in [5.41, 5.74) is 5.02. The van der Waals surface area contributed by atoms with Gasteiger partial charge in [-0.2, -0.15) is 0 Å². The summed E-state index contributed by atoms with van der Waals surface area (Å²) < 4.78 is 5.34. The predicted octanol–water partition coefficient (Wildman–Crippen LogP) is 0.871. The number of amides is 1. The van der Waals surface area contributed by atoms with Crippen molar-refractivity contribution in [2.75, 3.05) is 19.8 Å². The third kappa shape index (κ3) is 13.6. The van der Waals surface area contributed by atoms with E-state index >= 15 is 0 Å². The van der Waals surface area contributed by atoms with Crippen molar-refractivity contribution in [2.24, 2.45) is 5.92 Å². The summed E-state index contributed by atoms with van der Waals surface area (Å²) in [5.74, 6) is 0.344. The molecular formula is C14H27N3O3S. The summed E-state index contributed by atoms with van der Waals surface area (Å²) in [4.78, 5) is 11.5. The molecule has 0 radical (unpaired) electrons. The molecule has 0 aromatic heterocycles. The smallest absolute Gasteiger partial charge is 0.238 e. The average Bonchev–Trinajstić information content (AvgIpc) is 2.44. The van der Waals surface area contributed by atoms with E-state index in [4.69, 9.17) is 17.0 Å². The molecule has 1 amide bonds. The SMILES string of the molecule is C=CCNC(=S)NNC(=O)CC[C@@H](O)COCCC(C)C. The molecule has 0 unspecified atom stereocenters. The fourth-order valence-electron chi connectivity index (χ4n) is 1.32. The van der Waals surface area contributed by atoms with E-state index in [1.807, 2.05) is 0 Å². The molecule has 0 aromatic carbocycles.